The first-order valence-corrected chi connectivity index (χ1v) is 11.2. The van der Waals surface area contributed by atoms with Gasteiger partial charge in [-0.15, -0.1) is 0 Å². The number of anilines is 1. The third-order valence-electron chi connectivity index (χ3n) is 6.29. The summed E-state index contributed by atoms with van der Waals surface area (Å²) in [7, 11) is 0. The normalized spacial score (nSPS) is 18.5. The largest absolute Gasteiger partial charge is 0.353 e. The van der Waals surface area contributed by atoms with Crippen LogP contribution in [0.3, 0.4) is 0 Å². The number of amides is 1. The van der Waals surface area contributed by atoms with Crippen LogP contribution in [0.25, 0.3) is 16.6 Å². The minimum atomic E-state index is 0.273. The number of nitrogens with zero attached hydrogens (tertiary/aromatic N) is 6. The number of carbonyl (C=O) groups is 1. The van der Waals surface area contributed by atoms with Gasteiger partial charge in [-0.05, 0) is 38.3 Å². The van der Waals surface area contributed by atoms with Crippen molar-refractivity contribution < 1.29 is 4.79 Å². The molecule has 4 heterocycles. The number of carbonyl (C=O) groups excluding carboxylic acids is 1. The summed E-state index contributed by atoms with van der Waals surface area (Å²) in [6, 6.07) is 8.20. The Balaban J connectivity index is 1.35. The number of likely N-dealkylation sites (tertiary alicyclic amines) is 1. The van der Waals surface area contributed by atoms with Gasteiger partial charge in [-0.25, -0.2) is 9.50 Å². The highest BCUT2D eigenvalue weighted by Gasteiger charge is 2.25. The fourth-order valence-corrected chi connectivity index (χ4v) is 4.72. The lowest BCUT2D eigenvalue weighted by Crippen LogP contribution is -2.51. The number of para-hydroxylation sites is 1. The zero-order chi connectivity index (χ0) is 20.7. The van der Waals surface area contributed by atoms with E-state index in [0.717, 1.165) is 74.5 Å². The molecule has 0 aliphatic carbocycles. The Labute approximate surface area is 181 Å². The predicted molar refractivity (Wildman–Crippen MR) is 119 cm³/mol. The number of aromatic nitrogens is 3. The van der Waals surface area contributed by atoms with Gasteiger partial charge < -0.3 is 9.80 Å². The van der Waals surface area contributed by atoms with Crippen LogP contribution in [0.5, 0.6) is 0 Å². The van der Waals surface area contributed by atoms with Crippen LogP contribution in [-0.2, 0) is 4.79 Å². The fourth-order valence-electron chi connectivity index (χ4n) is 4.56. The summed E-state index contributed by atoms with van der Waals surface area (Å²) in [4.78, 5) is 24.1. The molecule has 2 fully saturated rings. The average Bonchev–Trinajstić information content (AvgIpc) is 3.08. The van der Waals surface area contributed by atoms with Crippen molar-refractivity contribution in [1.82, 2.24) is 24.4 Å². The van der Waals surface area contributed by atoms with Crippen molar-refractivity contribution in [1.29, 1.82) is 0 Å². The Bertz CT molecular complexity index is 1080. The lowest BCUT2D eigenvalue weighted by atomic mass is 10.1. The van der Waals surface area contributed by atoms with E-state index in [2.05, 4.69) is 27.0 Å². The van der Waals surface area contributed by atoms with Gasteiger partial charge in [0.2, 0.25) is 5.91 Å². The SMILES string of the molecule is Cc1nn2c(nc(N3CCN(CC(=O)N4CCCCC4)CC3)c3ccccc32)c1Cl. The quantitative estimate of drug-likeness (QED) is 0.644. The minimum absolute atomic E-state index is 0.273. The number of piperazine rings is 1. The van der Waals surface area contributed by atoms with Crippen molar-refractivity contribution >= 4 is 39.9 Å². The second kappa shape index (κ2) is 8.04. The molecule has 2 aliphatic rings. The van der Waals surface area contributed by atoms with Crippen molar-refractivity contribution in [3.63, 3.8) is 0 Å². The molecule has 1 amide bonds. The molecule has 2 aromatic heterocycles. The van der Waals surface area contributed by atoms with Gasteiger partial charge in [-0.2, -0.15) is 5.10 Å². The van der Waals surface area contributed by atoms with Crippen LogP contribution in [0.1, 0.15) is 25.0 Å². The number of halogens is 1. The zero-order valence-corrected chi connectivity index (χ0v) is 18.1. The van der Waals surface area contributed by atoms with E-state index in [-0.39, 0.29) is 5.91 Å². The minimum Gasteiger partial charge on any atom is -0.353 e. The molecule has 0 atom stereocenters. The maximum Gasteiger partial charge on any atom is 0.236 e. The first-order valence-electron chi connectivity index (χ1n) is 10.8. The molecular formula is C22H27ClN6O. The van der Waals surface area contributed by atoms with Gasteiger partial charge in [-0.1, -0.05) is 23.7 Å². The first kappa shape index (κ1) is 19.6. The molecule has 158 valence electrons. The van der Waals surface area contributed by atoms with Crippen molar-refractivity contribution in [3.8, 4) is 0 Å². The van der Waals surface area contributed by atoms with Crippen molar-refractivity contribution in [3.05, 3.63) is 35.0 Å². The number of hydrogen-bond acceptors (Lipinski definition) is 5. The van der Waals surface area contributed by atoms with Crippen LogP contribution in [0, 0.1) is 6.92 Å². The molecule has 3 aromatic rings. The third kappa shape index (κ3) is 3.50. The van der Waals surface area contributed by atoms with Gasteiger partial charge >= 0.3 is 0 Å². The molecule has 0 unspecified atom stereocenters. The Morgan fingerprint density at radius 3 is 2.53 bits per heavy atom. The topological polar surface area (TPSA) is 57.0 Å². The Morgan fingerprint density at radius 1 is 1.03 bits per heavy atom. The Hall–Kier alpha value is -2.38. The summed E-state index contributed by atoms with van der Waals surface area (Å²) in [6.07, 6.45) is 3.52. The number of hydrogen-bond donors (Lipinski definition) is 0. The maximum absolute atomic E-state index is 12.6. The summed E-state index contributed by atoms with van der Waals surface area (Å²) in [5.41, 5.74) is 2.49. The molecule has 2 saturated heterocycles. The average molecular weight is 427 g/mol. The van der Waals surface area contributed by atoms with E-state index in [1.165, 1.54) is 6.42 Å². The fraction of sp³-hybridized carbons (Fsp3) is 0.500. The molecule has 30 heavy (non-hydrogen) atoms. The number of benzene rings is 1. The summed E-state index contributed by atoms with van der Waals surface area (Å²) in [6.45, 7) is 7.65. The van der Waals surface area contributed by atoms with Crippen LogP contribution in [0.2, 0.25) is 5.02 Å². The summed E-state index contributed by atoms with van der Waals surface area (Å²) in [5, 5.41) is 6.25. The summed E-state index contributed by atoms with van der Waals surface area (Å²) < 4.78 is 1.84. The Morgan fingerprint density at radius 2 is 1.77 bits per heavy atom. The molecular weight excluding hydrogens is 400 g/mol. The van der Waals surface area contributed by atoms with Crippen molar-refractivity contribution in [2.75, 3.05) is 50.7 Å². The van der Waals surface area contributed by atoms with Crippen LogP contribution < -0.4 is 4.90 Å². The summed E-state index contributed by atoms with van der Waals surface area (Å²) in [5.74, 6) is 1.22. The predicted octanol–water partition coefficient (Wildman–Crippen LogP) is 2.98. The number of rotatable bonds is 3. The van der Waals surface area contributed by atoms with Crippen LogP contribution in [0.4, 0.5) is 5.82 Å². The van der Waals surface area contributed by atoms with Gasteiger partial charge in [0.15, 0.2) is 5.65 Å². The molecule has 0 saturated carbocycles. The van der Waals surface area contributed by atoms with Crippen molar-refractivity contribution in [2.45, 2.75) is 26.2 Å². The van der Waals surface area contributed by atoms with Crippen LogP contribution >= 0.6 is 11.6 Å². The zero-order valence-electron chi connectivity index (χ0n) is 17.3. The Kier molecular flexibility index (Phi) is 5.25. The van der Waals surface area contributed by atoms with Crippen LogP contribution in [0.15, 0.2) is 24.3 Å². The molecule has 0 N–H and O–H groups in total. The number of piperidine rings is 1. The van der Waals surface area contributed by atoms with E-state index < -0.39 is 0 Å². The number of fused-ring (bicyclic) bond motifs is 3. The molecule has 7 nitrogen and oxygen atoms in total. The maximum atomic E-state index is 12.6. The van der Waals surface area contributed by atoms with E-state index in [4.69, 9.17) is 16.6 Å². The molecule has 0 bridgehead atoms. The molecule has 2 aliphatic heterocycles. The van der Waals surface area contributed by atoms with Crippen molar-refractivity contribution in [2.24, 2.45) is 0 Å². The molecule has 0 spiro atoms. The highest BCUT2D eigenvalue weighted by molar-refractivity contribution is 6.34. The lowest BCUT2D eigenvalue weighted by Gasteiger charge is -2.37. The molecule has 8 heteroatoms. The third-order valence-corrected chi connectivity index (χ3v) is 6.73. The number of aryl methyl sites for hydroxylation is 1. The monoisotopic (exact) mass is 426 g/mol. The standard InChI is InChI=1S/C22H27ClN6O/c1-16-20(23)22-24-21(17-7-3-4-8-18(17)29(22)25-16)28-13-11-26(12-14-28)15-19(30)27-9-5-2-6-10-27/h3-4,7-8H,2,5-6,9-15H2,1H3. The second-order valence-corrected chi connectivity index (χ2v) is 8.67. The lowest BCUT2D eigenvalue weighted by molar-refractivity contribution is -0.133. The van der Waals surface area contributed by atoms with E-state index in [9.17, 15) is 4.79 Å². The van der Waals surface area contributed by atoms with E-state index in [1.807, 2.05) is 28.5 Å². The highest BCUT2D eigenvalue weighted by atomic mass is 35.5. The van der Waals surface area contributed by atoms with Gasteiger partial charge in [0.05, 0.1) is 17.8 Å². The van der Waals surface area contributed by atoms with E-state index in [1.54, 1.807) is 0 Å². The van der Waals surface area contributed by atoms with Crippen LogP contribution in [-0.4, -0.2) is 76.1 Å². The first-order chi connectivity index (χ1) is 14.6. The molecule has 5 rings (SSSR count). The van der Waals surface area contributed by atoms with Gasteiger partial charge in [0.25, 0.3) is 0 Å². The molecule has 1 aromatic carbocycles. The highest BCUT2D eigenvalue weighted by Crippen LogP contribution is 2.30. The van der Waals surface area contributed by atoms with E-state index >= 15 is 0 Å². The summed E-state index contributed by atoms with van der Waals surface area (Å²) >= 11 is 6.49. The van der Waals surface area contributed by atoms with Gasteiger partial charge in [0, 0.05) is 44.7 Å². The van der Waals surface area contributed by atoms with Gasteiger partial charge in [-0.3, -0.25) is 9.69 Å². The van der Waals surface area contributed by atoms with Gasteiger partial charge in [0.1, 0.15) is 10.8 Å². The van der Waals surface area contributed by atoms with E-state index in [0.29, 0.717) is 17.2 Å². The smallest absolute Gasteiger partial charge is 0.236 e. The molecule has 0 radical (unpaired) electrons. The second-order valence-electron chi connectivity index (χ2n) is 8.29.